The van der Waals surface area contributed by atoms with Crippen molar-refractivity contribution in [3.63, 3.8) is 0 Å². The first-order valence-electron chi connectivity index (χ1n) is 6.99. The number of terminal acetylenes is 1. The second kappa shape index (κ2) is 6.23. The van der Waals surface area contributed by atoms with Crippen LogP contribution < -0.4 is 9.64 Å². The maximum absolute atomic E-state index is 12.3. The summed E-state index contributed by atoms with van der Waals surface area (Å²) in [7, 11) is 0. The van der Waals surface area contributed by atoms with Crippen molar-refractivity contribution in [1.82, 2.24) is 0 Å². The first-order chi connectivity index (χ1) is 10.8. The molecule has 0 saturated heterocycles. The van der Waals surface area contributed by atoms with E-state index in [4.69, 9.17) is 15.9 Å². The molecule has 1 amide bonds. The fourth-order valence-corrected chi connectivity index (χ4v) is 2.29. The average Bonchev–Trinajstić information content (AvgIpc) is 2.59. The Morgan fingerprint density at radius 1 is 1.27 bits per heavy atom. The average molecular weight is 293 g/mol. The van der Waals surface area contributed by atoms with Gasteiger partial charge in [-0.25, -0.2) is 4.79 Å². The molecular formula is C18H15NO3. The second-order valence-electron chi connectivity index (χ2n) is 4.87. The Labute approximate surface area is 129 Å². The maximum atomic E-state index is 12.3. The van der Waals surface area contributed by atoms with Gasteiger partial charge in [-0.2, -0.15) is 0 Å². The van der Waals surface area contributed by atoms with E-state index in [2.05, 4.69) is 5.92 Å². The number of anilines is 1. The summed E-state index contributed by atoms with van der Waals surface area (Å²) in [5.74, 6) is 3.20. The molecular weight excluding hydrogens is 278 g/mol. The van der Waals surface area contributed by atoms with E-state index in [0.29, 0.717) is 30.2 Å². The zero-order valence-electron chi connectivity index (χ0n) is 12.0. The lowest BCUT2D eigenvalue weighted by molar-refractivity contribution is 0.144. The molecule has 110 valence electrons. The van der Waals surface area contributed by atoms with Gasteiger partial charge in [-0.05, 0) is 23.8 Å². The van der Waals surface area contributed by atoms with Crippen LogP contribution in [0.3, 0.4) is 0 Å². The van der Waals surface area contributed by atoms with Crippen LogP contribution in [-0.2, 0) is 11.3 Å². The molecule has 1 aliphatic heterocycles. The van der Waals surface area contributed by atoms with Gasteiger partial charge in [-0.1, -0.05) is 36.3 Å². The third-order valence-electron chi connectivity index (χ3n) is 3.41. The number of hydrogen-bond acceptors (Lipinski definition) is 3. The molecule has 0 N–H and O–H groups in total. The zero-order chi connectivity index (χ0) is 15.4. The molecule has 1 aliphatic rings. The summed E-state index contributed by atoms with van der Waals surface area (Å²) < 4.78 is 10.9. The minimum absolute atomic E-state index is 0.237. The first-order valence-corrected chi connectivity index (χ1v) is 6.99. The van der Waals surface area contributed by atoms with Crippen molar-refractivity contribution in [2.75, 3.05) is 18.1 Å². The van der Waals surface area contributed by atoms with Gasteiger partial charge in [0.05, 0.1) is 12.2 Å². The van der Waals surface area contributed by atoms with Gasteiger partial charge in [0.15, 0.2) is 0 Å². The van der Waals surface area contributed by atoms with Crippen LogP contribution in [0.15, 0.2) is 48.5 Å². The number of ether oxygens (including phenoxy) is 2. The topological polar surface area (TPSA) is 38.8 Å². The van der Waals surface area contributed by atoms with E-state index in [0.717, 1.165) is 5.56 Å². The second-order valence-corrected chi connectivity index (χ2v) is 4.87. The fraction of sp³-hybridized carbons (Fsp3) is 0.167. The van der Waals surface area contributed by atoms with E-state index in [9.17, 15) is 4.79 Å². The van der Waals surface area contributed by atoms with Gasteiger partial charge in [-0.3, -0.25) is 4.90 Å². The van der Waals surface area contributed by atoms with Crippen molar-refractivity contribution in [1.29, 1.82) is 0 Å². The lowest BCUT2D eigenvalue weighted by Crippen LogP contribution is -2.38. The minimum atomic E-state index is -0.400. The number of carbonyl (C=O) groups is 1. The Kier molecular flexibility index (Phi) is 3.97. The number of amides is 1. The molecule has 2 aromatic rings. The molecule has 4 heteroatoms. The van der Waals surface area contributed by atoms with E-state index in [1.54, 1.807) is 23.1 Å². The monoisotopic (exact) mass is 293 g/mol. The molecule has 0 radical (unpaired) electrons. The third kappa shape index (κ3) is 2.89. The molecule has 1 heterocycles. The molecule has 4 nitrogen and oxygen atoms in total. The smallest absolute Gasteiger partial charge is 0.414 e. The van der Waals surface area contributed by atoms with E-state index in [1.165, 1.54) is 0 Å². The summed E-state index contributed by atoms with van der Waals surface area (Å²) in [5.41, 5.74) is 2.30. The SMILES string of the molecule is C#Cc1ccc2c(c1)N(C(=O)OCc1ccccc1)CCO2. The van der Waals surface area contributed by atoms with Crippen molar-refractivity contribution in [3.8, 4) is 18.1 Å². The van der Waals surface area contributed by atoms with Gasteiger partial charge in [-0.15, -0.1) is 6.42 Å². The minimum Gasteiger partial charge on any atom is -0.490 e. The van der Waals surface area contributed by atoms with Crippen LogP contribution >= 0.6 is 0 Å². The quantitative estimate of drug-likeness (QED) is 0.798. The molecule has 0 atom stereocenters. The molecule has 0 fully saturated rings. The number of benzene rings is 2. The Hall–Kier alpha value is -2.93. The summed E-state index contributed by atoms with van der Waals surface area (Å²) in [4.78, 5) is 13.9. The predicted molar refractivity (Wildman–Crippen MR) is 83.8 cm³/mol. The van der Waals surface area contributed by atoms with Crippen LogP contribution in [0.25, 0.3) is 0 Å². The van der Waals surface area contributed by atoms with E-state index in [-0.39, 0.29) is 6.61 Å². The van der Waals surface area contributed by atoms with Crippen molar-refractivity contribution < 1.29 is 14.3 Å². The highest BCUT2D eigenvalue weighted by Gasteiger charge is 2.25. The van der Waals surface area contributed by atoms with Crippen LogP contribution in [0.1, 0.15) is 11.1 Å². The third-order valence-corrected chi connectivity index (χ3v) is 3.41. The Morgan fingerprint density at radius 3 is 2.86 bits per heavy atom. The van der Waals surface area contributed by atoms with Crippen molar-refractivity contribution in [2.24, 2.45) is 0 Å². The fourth-order valence-electron chi connectivity index (χ4n) is 2.29. The largest absolute Gasteiger partial charge is 0.490 e. The van der Waals surface area contributed by atoms with Gasteiger partial charge in [0.2, 0.25) is 0 Å². The summed E-state index contributed by atoms with van der Waals surface area (Å²) in [5, 5.41) is 0. The van der Waals surface area contributed by atoms with Crippen LogP contribution in [0.4, 0.5) is 10.5 Å². The maximum Gasteiger partial charge on any atom is 0.414 e. The molecule has 0 aliphatic carbocycles. The van der Waals surface area contributed by atoms with Crippen LogP contribution in [0.2, 0.25) is 0 Å². The van der Waals surface area contributed by atoms with Gasteiger partial charge >= 0.3 is 6.09 Å². The molecule has 0 unspecified atom stereocenters. The number of nitrogens with zero attached hydrogens (tertiary/aromatic N) is 1. The molecule has 0 bridgehead atoms. The standard InChI is InChI=1S/C18H15NO3/c1-2-14-8-9-17-16(12-14)19(10-11-21-17)18(20)22-13-15-6-4-3-5-7-15/h1,3-9,12H,10-11,13H2. The molecule has 2 aromatic carbocycles. The molecule has 0 saturated carbocycles. The van der Waals surface area contributed by atoms with Crippen LogP contribution in [0, 0.1) is 12.3 Å². The highest BCUT2D eigenvalue weighted by Crippen LogP contribution is 2.32. The molecule has 0 spiro atoms. The lowest BCUT2D eigenvalue weighted by atomic mass is 10.1. The van der Waals surface area contributed by atoms with Gasteiger partial charge < -0.3 is 9.47 Å². The molecule has 3 rings (SSSR count). The Morgan fingerprint density at radius 2 is 2.09 bits per heavy atom. The molecule has 0 aromatic heterocycles. The normalized spacial score (nSPS) is 12.8. The number of hydrogen-bond donors (Lipinski definition) is 0. The number of rotatable bonds is 2. The highest BCUT2D eigenvalue weighted by molar-refractivity contribution is 5.90. The highest BCUT2D eigenvalue weighted by atomic mass is 16.6. The van der Waals surface area contributed by atoms with E-state index in [1.807, 2.05) is 30.3 Å². The first kappa shape index (κ1) is 14.0. The van der Waals surface area contributed by atoms with E-state index < -0.39 is 6.09 Å². The number of fused-ring (bicyclic) bond motifs is 1. The predicted octanol–water partition coefficient (Wildman–Crippen LogP) is 3.20. The lowest BCUT2D eigenvalue weighted by Gasteiger charge is -2.29. The molecule has 22 heavy (non-hydrogen) atoms. The van der Waals surface area contributed by atoms with Crippen molar-refractivity contribution >= 4 is 11.8 Å². The van der Waals surface area contributed by atoms with Crippen molar-refractivity contribution in [3.05, 3.63) is 59.7 Å². The number of carbonyl (C=O) groups excluding carboxylic acids is 1. The van der Waals surface area contributed by atoms with Crippen molar-refractivity contribution in [2.45, 2.75) is 6.61 Å². The Bertz CT molecular complexity index is 719. The van der Waals surface area contributed by atoms with Crippen LogP contribution in [-0.4, -0.2) is 19.2 Å². The van der Waals surface area contributed by atoms with Gasteiger partial charge in [0, 0.05) is 5.56 Å². The van der Waals surface area contributed by atoms with Gasteiger partial charge in [0.25, 0.3) is 0 Å². The van der Waals surface area contributed by atoms with E-state index >= 15 is 0 Å². The summed E-state index contributed by atoms with van der Waals surface area (Å²) >= 11 is 0. The van der Waals surface area contributed by atoms with Crippen LogP contribution in [0.5, 0.6) is 5.75 Å². The summed E-state index contributed by atoms with van der Waals surface area (Å²) in [6, 6.07) is 14.9. The van der Waals surface area contributed by atoms with Gasteiger partial charge in [0.1, 0.15) is 19.0 Å². The summed E-state index contributed by atoms with van der Waals surface area (Å²) in [6.07, 6.45) is 5.01. The zero-order valence-corrected chi connectivity index (χ0v) is 12.0. The Balaban J connectivity index is 1.76. The summed E-state index contributed by atoms with van der Waals surface area (Å²) in [6.45, 7) is 1.11.